The number of carbonyl (C=O) groups excluding carboxylic acids is 1. The number of aliphatic hydroxyl groups is 2. The number of piperidine rings is 1. The second-order valence-electron chi connectivity index (χ2n) is 4.34. The molecule has 1 amide bonds. The molecule has 0 aliphatic carbocycles. The molecule has 92 valence electrons. The van der Waals surface area contributed by atoms with E-state index >= 15 is 0 Å². The Kier molecular flexibility index (Phi) is 3.75. The Morgan fingerprint density at radius 3 is 2.56 bits per heavy atom. The molecule has 0 saturated carbocycles. The number of aliphatic hydroxyl groups excluding tert-OH is 2. The summed E-state index contributed by atoms with van der Waals surface area (Å²) in [5, 5.41) is 24.8. The highest BCUT2D eigenvalue weighted by molar-refractivity contribution is 5.82. The Hall–Kier alpha value is -0.690. The van der Waals surface area contributed by atoms with Crippen molar-refractivity contribution in [1.82, 2.24) is 10.6 Å². The number of rotatable bonds is 2. The van der Waals surface area contributed by atoms with Crippen LogP contribution in [0.15, 0.2) is 0 Å². The fourth-order valence-corrected chi connectivity index (χ4v) is 2.08. The van der Waals surface area contributed by atoms with E-state index in [9.17, 15) is 15.0 Å². The molecule has 2 fully saturated rings. The molecule has 16 heavy (non-hydrogen) atoms. The summed E-state index contributed by atoms with van der Waals surface area (Å²) in [5.74, 6) is -0.323. The Labute approximate surface area is 94.0 Å². The molecular formula is C10H18N2O4. The zero-order valence-electron chi connectivity index (χ0n) is 9.06. The van der Waals surface area contributed by atoms with Gasteiger partial charge in [0.15, 0.2) is 6.10 Å². The lowest BCUT2D eigenvalue weighted by atomic mass is 10.1. The highest BCUT2D eigenvalue weighted by atomic mass is 16.5. The summed E-state index contributed by atoms with van der Waals surface area (Å²) in [6.45, 7) is 1.80. The van der Waals surface area contributed by atoms with Gasteiger partial charge in [0.1, 0.15) is 12.2 Å². The Morgan fingerprint density at radius 1 is 1.31 bits per heavy atom. The lowest BCUT2D eigenvalue weighted by Crippen LogP contribution is -2.49. The van der Waals surface area contributed by atoms with Crippen LogP contribution in [0.5, 0.6) is 0 Å². The van der Waals surface area contributed by atoms with E-state index in [1.165, 1.54) is 0 Å². The van der Waals surface area contributed by atoms with Crippen molar-refractivity contribution in [2.24, 2.45) is 0 Å². The maximum atomic E-state index is 11.7. The largest absolute Gasteiger partial charge is 0.388 e. The molecule has 0 aromatic heterocycles. The van der Waals surface area contributed by atoms with Crippen LogP contribution in [0.3, 0.4) is 0 Å². The van der Waals surface area contributed by atoms with Crippen molar-refractivity contribution in [3.63, 3.8) is 0 Å². The van der Waals surface area contributed by atoms with E-state index in [0.29, 0.717) is 0 Å². The highest BCUT2D eigenvalue weighted by Crippen LogP contribution is 2.15. The number of hydrogen-bond acceptors (Lipinski definition) is 5. The maximum absolute atomic E-state index is 11.7. The molecule has 0 spiro atoms. The van der Waals surface area contributed by atoms with E-state index in [0.717, 1.165) is 25.9 Å². The van der Waals surface area contributed by atoms with Crippen molar-refractivity contribution in [2.45, 2.75) is 37.2 Å². The lowest BCUT2D eigenvalue weighted by Gasteiger charge is -2.25. The van der Waals surface area contributed by atoms with Gasteiger partial charge in [0.25, 0.3) is 5.91 Å². The first-order valence-corrected chi connectivity index (χ1v) is 5.67. The van der Waals surface area contributed by atoms with Crippen LogP contribution in [0.4, 0.5) is 0 Å². The molecule has 3 unspecified atom stereocenters. The van der Waals surface area contributed by atoms with Crippen LogP contribution in [0.25, 0.3) is 0 Å². The van der Waals surface area contributed by atoms with Crippen molar-refractivity contribution in [3.05, 3.63) is 0 Å². The number of carbonyl (C=O) groups is 1. The third-order valence-corrected chi connectivity index (χ3v) is 3.09. The third kappa shape index (κ3) is 2.52. The van der Waals surface area contributed by atoms with Crippen LogP contribution in [0.2, 0.25) is 0 Å². The minimum absolute atomic E-state index is 0.0193. The van der Waals surface area contributed by atoms with Crippen molar-refractivity contribution in [1.29, 1.82) is 0 Å². The molecule has 6 heteroatoms. The van der Waals surface area contributed by atoms with E-state index in [2.05, 4.69) is 10.6 Å². The molecule has 2 aliphatic rings. The summed E-state index contributed by atoms with van der Waals surface area (Å²) in [6.07, 6.45) is -1.22. The van der Waals surface area contributed by atoms with Gasteiger partial charge in [-0.3, -0.25) is 4.79 Å². The van der Waals surface area contributed by atoms with Crippen molar-refractivity contribution in [2.75, 3.05) is 19.7 Å². The molecule has 2 saturated heterocycles. The standard InChI is InChI=1S/C10H18N2O4/c13-7-5-16-9(8(7)14)10(15)12-6-1-3-11-4-2-6/h6-9,11,13-14H,1-5H2,(H,12,15). The van der Waals surface area contributed by atoms with Crippen molar-refractivity contribution in [3.8, 4) is 0 Å². The van der Waals surface area contributed by atoms with Gasteiger partial charge in [0.2, 0.25) is 0 Å². The maximum Gasteiger partial charge on any atom is 0.252 e. The molecule has 3 atom stereocenters. The molecule has 0 bridgehead atoms. The molecular weight excluding hydrogens is 212 g/mol. The number of amides is 1. The van der Waals surface area contributed by atoms with E-state index in [1.54, 1.807) is 0 Å². The number of ether oxygens (including phenoxy) is 1. The zero-order chi connectivity index (χ0) is 11.5. The predicted molar refractivity (Wildman–Crippen MR) is 55.8 cm³/mol. The Balaban J connectivity index is 1.83. The van der Waals surface area contributed by atoms with E-state index in [-0.39, 0.29) is 18.6 Å². The summed E-state index contributed by atoms with van der Waals surface area (Å²) in [5.41, 5.74) is 0. The van der Waals surface area contributed by atoms with Gasteiger partial charge in [-0.25, -0.2) is 0 Å². The average molecular weight is 230 g/mol. The first kappa shape index (κ1) is 11.8. The first-order chi connectivity index (χ1) is 7.68. The smallest absolute Gasteiger partial charge is 0.252 e. The van der Waals surface area contributed by atoms with Crippen LogP contribution in [-0.4, -0.2) is 60.2 Å². The van der Waals surface area contributed by atoms with Gasteiger partial charge in [0.05, 0.1) is 6.61 Å². The number of hydrogen-bond donors (Lipinski definition) is 4. The second-order valence-corrected chi connectivity index (χ2v) is 4.34. The van der Waals surface area contributed by atoms with Crippen LogP contribution in [0.1, 0.15) is 12.8 Å². The van der Waals surface area contributed by atoms with Gasteiger partial charge in [-0.2, -0.15) is 0 Å². The normalized spacial score (nSPS) is 36.2. The number of nitrogens with one attached hydrogen (secondary N) is 2. The van der Waals surface area contributed by atoms with Gasteiger partial charge in [-0.15, -0.1) is 0 Å². The predicted octanol–water partition coefficient (Wildman–Crippen LogP) is -2.02. The van der Waals surface area contributed by atoms with Crippen LogP contribution in [-0.2, 0) is 9.53 Å². The summed E-state index contributed by atoms with van der Waals surface area (Å²) in [7, 11) is 0. The summed E-state index contributed by atoms with van der Waals surface area (Å²) in [4.78, 5) is 11.7. The van der Waals surface area contributed by atoms with Crippen LogP contribution >= 0.6 is 0 Å². The summed E-state index contributed by atoms with van der Waals surface area (Å²) >= 11 is 0. The molecule has 2 aliphatic heterocycles. The van der Waals surface area contributed by atoms with Crippen molar-refractivity contribution < 1.29 is 19.7 Å². The van der Waals surface area contributed by atoms with E-state index in [4.69, 9.17) is 4.74 Å². The van der Waals surface area contributed by atoms with Gasteiger partial charge in [-0.05, 0) is 25.9 Å². The molecule has 2 heterocycles. The van der Waals surface area contributed by atoms with E-state index < -0.39 is 18.3 Å². The molecule has 0 aromatic rings. The minimum Gasteiger partial charge on any atom is -0.388 e. The monoisotopic (exact) mass is 230 g/mol. The fourth-order valence-electron chi connectivity index (χ4n) is 2.08. The first-order valence-electron chi connectivity index (χ1n) is 5.67. The van der Waals surface area contributed by atoms with E-state index in [1.807, 2.05) is 0 Å². The molecule has 4 N–H and O–H groups in total. The topological polar surface area (TPSA) is 90.8 Å². The average Bonchev–Trinajstić information content (AvgIpc) is 2.61. The van der Waals surface area contributed by atoms with Crippen LogP contribution < -0.4 is 10.6 Å². The van der Waals surface area contributed by atoms with Gasteiger partial charge >= 0.3 is 0 Å². The van der Waals surface area contributed by atoms with Crippen LogP contribution in [0, 0.1) is 0 Å². The molecule has 6 nitrogen and oxygen atoms in total. The quantitative estimate of drug-likeness (QED) is 0.439. The van der Waals surface area contributed by atoms with Gasteiger partial charge in [-0.1, -0.05) is 0 Å². The lowest BCUT2D eigenvalue weighted by molar-refractivity contribution is -0.134. The molecule has 2 rings (SSSR count). The van der Waals surface area contributed by atoms with Gasteiger partial charge < -0.3 is 25.6 Å². The summed E-state index contributed by atoms with van der Waals surface area (Å²) < 4.78 is 5.05. The zero-order valence-corrected chi connectivity index (χ0v) is 9.06. The SMILES string of the molecule is O=C(NC1CCNCC1)C1OCC(O)C1O. The molecule has 0 aromatic carbocycles. The summed E-state index contributed by atoms with van der Waals surface area (Å²) in [6, 6.07) is 0.141. The minimum atomic E-state index is -1.11. The third-order valence-electron chi connectivity index (χ3n) is 3.09. The highest BCUT2D eigenvalue weighted by Gasteiger charge is 2.40. The molecule has 0 radical (unpaired) electrons. The second kappa shape index (κ2) is 5.09. The van der Waals surface area contributed by atoms with Gasteiger partial charge in [0, 0.05) is 6.04 Å². The Morgan fingerprint density at radius 2 is 2.00 bits per heavy atom. The van der Waals surface area contributed by atoms with Crippen molar-refractivity contribution >= 4 is 5.91 Å². The fraction of sp³-hybridized carbons (Fsp3) is 0.900. The Bertz CT molecular complexity index is 255.